The first-order chi connectivity index (χ1) is 9.29. The van der Waals surface area contributed by atoms with Crippen LogP contribution in [0.4, 0.5) is 0 Å². The number of methoxy groups -OCH3 is 2. The maximum absolute atomic E-state index is 5.84. The molecule has 112 valence electrons. The summed E-state index contributed by atoms with van der Waals surface area (Å²) in [6.07, 6.45) is 0. The predicted octanol–water partition coefficient (Wildman–Crippen LogP) is 2.89. The molecule has 0 aliphatic heterocycles. The average molecular weight is 278 g/mol. The summed E-state index contributed by atoms with van der Waals surface area (Å²) in [6.45, 7) is 9.16. The fourth-order valence-electron chi connectivity index (χ4n) is 3.47. The Labute approximate surface area is 121 Å². The molecular weight excluding hydrogens is 252 g/mol. The van der Waals surface area contributed by atoms with Crippen molar-refractivity contribution < 1.29 is 9.47 Å². The molecule has 0 bridgehead atoms. The van der Waals surface area contributed by atoms with Crippen LogP contribution in [0, 0.1) is 16.7 Å². The number of ether oxygens (including phenoxy) is 2. The quantitative estimate of drug-likeness (QED) is 0.642. The molecule has 20 heavy (non-hydrogen) atoms. The lowest BCUT2D eigenvalue weighted by molar-refractivity contribution is 0.383. The number of hydrogen-bond acceptors (Lipinski definition) is 4. The van der Waals surface area contributed by atoms with Crippen molar-refractivity contribution in [2.45, 2.75) is 33.7 Å². The third kappa shape index (κ3) is 2.17. The lowest BCUT2D eigenvalue weighted by Gasteiger charge is -2.20. The Kier molecular flexibility index (Phi) is 3.73. The van der Waals surface area contributed by atoms with Crippen LogP contribution in [-0.4, -0.2) is 14.2 Å². The van der Waals surface area contributed by atoms with E-state index in [4.69, 9.17) is 15.3 Å². The van der Waals surface area contributed by atoms with E-state index >= 15 is 0 Å². The molecule has 1 unspecified atom stereocenters. The molecule has 0 heterocycles. The highest BCUT2D eigenvalue weighted by atomic mass is 16.5. The molecule has 4 nitrogen and oxygen atoms in total. The van der Waals surface area contributed by atoms with E-state index in [2.05, 4.69) is 33.1 Å². The Hall–Kier alpha value is -1.26. The van der Waals surface area contributed by atoms with E-state index < -0.39 is 0 Å². The number of hydrazine groups is 1. The average Bonchev–Trinajstić information content (AvgIpc) is 2.82. The molecular formula is C16H26N2O2. The first kappa shape index (κ1) is 15.1. The maximum Gasteiger partial charge on any atom is 0.122 e. The molecule has 3 N–H and O–H groups in total. The van der Waals surface area contributed by atoms with E-state index in [9.17, 15) is 0 Å². The molecule has 0 amide bonds. The molecule has 0 spiro atoms. The molecule has 0 radical (unpaired) electrons. The van der Waals surface area contributed by atoms with Crippen LogP contribution < -0.4 is 20.7 Å². The number of benzene rings is 1. The minimum Gasteiger partial charge on any atom is -0.497 e. The highest BCUT2D eigenvalue weighted by molar-refractivity contribution is 5.41. The zero-order valence-corrected chi connectivity index (χ0v) is 13.3. The summed E-state index contributed by atoms with van der Waals surface area (Å²) in [4.78, 5) is 0. The highest BCUT2D eigenvalue weighted by Gasteiger charge is 2.67. The smallest absolute Gasteiger partial charge is 0.122 e. The summed E-state index contributed by atoms with van der Waals surface area (Å²) in [5.74, 6) is 7.88. The van der Waals surface area contributed by atoms with Crippen molar-refractivity contribution in [1.29, 1.82) is 0 Å². The standard InChI is InChI=1S/C16H26N2O2/c1-15(2)14(16(15,3)4)13(18-17)10-7-11(19-5)9-12(8-10)20-6/h7-9,13-14,18H,17H2,1-6H3. The van der Waals surface area contributed by atoms with Crippen LogP contribution in [0.1, 0.15) is 39.3 Å². The van der Waals surface area contributed by atoms with Crippen LogP contribution in [-0.2, 0) is 0 Å². The van der Waals surface area contributed by atoms with Crippen molar-refractivity contribution in [2.24, 2.45) is 22.6 Å². The fraction of sp³-hybridized carbons (Fsp3) is 0.625. The maximum atomic E-state index is 5.84. The van der Waals surface area contributed by atoms with Crippen LogP contribution in [0.2, 0.25) is 0 Å². The van der Waals surface area contributed by atoms with Gasteiger partial charge in [0.25, 0.3) is 0 Å². The van der Waals surface area contributed by atoms with Gasteiger partial charge in [-0.3, -0.25) is 11.3 Å². The predicted molar refractivity (Wildman–Crippen MR) is 80.7 cm³/mol. The number of rotatable bonds is 5. The SMILES string of the molecule is COc1cc(OC)cc(C(NN)C2C(C)(C)C2(C)C)c1. The van der Waals surface area contributed by atoms with Crippen molar-refractivity contribution >= 4 is 0 Å². The Morgan fingerprint density at radius 2 is 1.45 bits per heavy atom. The second kappa shape index (κ2) is 4.93. The second-order valence-corrected chi connectivity index (χ2v) is 6.71. The Morgan fingerprint density at radius 3 is 1.75 bits per heavy atom. The van der Waals surface area contributed by atoms with Crippen molar-refractivity contribution in [1.82, 2.24) is 5.43 Å². The summed E-state index contributed by atoms with van der Waals surface area (Å²) in [5.41, 5.74) is 4.59. The Balaban J connectivity index is 2.38. The van der Waals surface area contributed by atoms with E-state index in [-0.39, 0.29) is 16.9 Å². The van der Waals surface area contributed by atoms with E-state index in [0.29, 0.717) is 5.92 Å². The Morgan fingerprint density at radius 1 is 1.00 bits per heavy atom. The van der Waals surface area contributed by atoms with E-state index in [0.717, 1.165) is 17.1 Å². The molecule has 1 saturated carbocycles. The van der Waals surface area contributed by atoms with Gasteiger partial charge in [-0.15, -0.1) is 0 Å². The van der Waals surface area contributed by atoms with E-state index in [1.54, 1.807) is 14.2 Å². The third-order valence-corrected chi connectivity index (χ3v) is 5.38. The van der Waals surface area contributed by atoms with Crippen molar-refractivity contribution in [2.75, 3.05) is 14.2 Å². The topological polar surface area (TPSA) is 56.5 Å². The molecule has 1 aromatic rings. The van der Waals surface area contributed by atoms with Gasteiger partial charge in [0.2, 0.25) is 0 Å². The van der Waals surface area contributed by atoms with E-state index in [1.165, 1.54) is 0 Å². The summed E-state index contributed by atoms with van der Waals surface area (Å²) in [7, 11) is 3.32. The van der Waals surface area contributed by atoms with Crippen LogP contribution >= 0.6 is 0 Å². The van der Waals surface area contributed by atoms with Gasteiger partial charge in [-0.25, -0.2) is 0 Å². The highest BCUT2D eigenvalue weighted by Crippen LogP contribution is 2.72. The first-order valence-electron chi connectivity index (χ1n) is 6.98. The largest absolute Gasteiger partial charge is 0.497 e. The zero-order chi connectivity index (χ0) is 15.1. The second-order valence-electron chi connectivity index (χ2n) is 6.71. The van der Waals surface area contributed by atoms with Crippen LogP contribution in [0.5, 0.6) is 11.5 Å². The number of hydrogen-bond donors (Lipinski definition) is 2. The van der Waals surface area contributed by atoms with Gasteiger partial charge in [0.15, 0.2) is 0 Å². The Bertz CT molecular complexity index is 461. The van der Waals surface area contributed by atoms with Gasteiger partial charge >= 0.3 is 0 Å². The summed E-state index contributed by atoms with van der Waals surface area (Å²) in [6, 6.07) is 6.01. The van der Waals surface area contributed by atoms with Crippen LogP contribution in [0.15, 0.2) is 18.2 Å². The zero-order valence-electron chi connectivity index (χ0n) is 13.3. The third-order valence-electron chi connectivity index (χ3n) is 5.38. The lowest BCUT2D eigenvalue weighted by atomic mass is 9.96. The van der Waals surface area contributed by atoms with Gasteiger partial charge in [0, 0.05) is 6.07 Å². The number of nitrogens with two attached hydrogens (primary N) is 1. The van der Waals surface area contributed by atoms with Crippen molar-refractivity contribution in [3.63, 3.8) is 0 Å². The lowest BCUT2D eigenvalue weighted by Crippen LogP contribution is -2.31. The summed E-state index contributed by atoms with van der Waals surface area (Å²) < 4.78 is 10.7. The summed E-state index contributed by atoms with van der Waals surface area (Å²) in [5, 5.41) is 0. The van der Waals surface area contributed by atoms with Gasteiger partial charge in [0.1, 0.15) is 11.5 Å². The normalized spacial score (nSPS) is 21.4. The van der Waals surface area contributed by atoms with Gasteiger partial charge in [-0.05, 0) is 34.4 Å². The first-order valence-corrected chi connectivity index (χ1v) is 6.98. The van der Waals surface area contributed by atoms with Gasteiger partial charge in [0.05, 0.1) is 20.3 Å². The molecule has 1 aromatic carbocycles. The minimum absolute atomic E-state index is 0.0870. The number of nitrogens with one attached hydrogen (secondary N) is 1. The van der Waals surface area contributed by atoms with Crippen molar-refractivity contribution in [3.8, 4) is 11.5 Å². The van der Waals surface area contributed by atoms with Crippen LogP contribution in [0.25, 0.3) is 0 Å². The molecule has 0 saturated heterocycles. The monoisotopic (exact) mass is 278 g/mol. The van der Waals surface area contributed by atoms with Crippen molar-refractivity contribution in [3.05, 3.63) is 23.8 Å². The molecule has 1 atom stereocenters. The molecule has 1 fully saturated rings. The summed E-state index contributed by atoms with van der Waals surface area (Å²) >= 11 is 0. The van der Waals surface area contributed by atoms with Gasteiger partial charge < -0.3 is 9.47 Å². The minimum atomic E-state index is 0.0870. The van der Waals surface area contributed by atoms with Gasteiger partial charge in [-0.2, -0.15) is 0 Å². The molecule has 4 heteroatoms. The van der Waals surface area contributed by atoms with E-state index in [1.807, 2.05) is 18.2 Å². The molecule has 2 rings (SSSR count). The molecule has 0 aromatic heterocycles. The van der Waals surface area contributed by atoms with Crippen LogP contribution in [0.3, 0.4) is 0 Å². The molecule has 1 aliphatic rings. The van der Waals surface area contributed by atoms with Gasteiger partial charge in [-0.1, -0.05) is 27.7 Å². The molecule has 1 aliphatic carbocycles. The fourth-order valence-corrected chi connectivity index (χ4v) is 3.47.